The first-order valence-electron chi connectivity index (χ1n) is 15.5. The van der Waals surface area contributed by atoms with Crippen LogP contribution in [0.5, 0.6) is 5.75 Å². The van der Waals surface area contributed by atoms with E-state index in [4.69, 9.17) is 23.2 Å². The largest absolute Gasteiger partial charge is 0.508 e. The number of imide groups is 2. The summed E-state index contributed by atoms with van der Waals surface area (Å²) in [4.78, 5) is 50.2. The normalized spacial score (nSPS) is 28.1. The first-order valence-corrected chi connectivity index (χ1v) is 17.1. The van der Waals surface area contributed by atoms with Gasteiger partial charge in [-0.1, -0.05) is 27.6 Å². The lowest BCUT2D eigenvalue weighted by Crippen LogP contribution is -2.60. The van der Waals surface area contributed by atoms with Crippen LogP contribution in [0.4, 0.5) is 59.7 Å². The number of aromatic hydroxyl groups is 1. The third-order valence-corrected chi connectivity index (χ3v) is 12.3. The van der Waals surface area contributed by atoms with Gasteiger partial charge in [0, 0.05) is 16.0 Å². The van der Waals surface area contributed by atoms with Crippen LogP contribution in [0.3, 0.4) is 0 Å². The summed E-state index contributed by atoms with van der Waals surface area (Å²) in [5, 5.41) is 11.0. The molecule has 0 aromatic heterocycles. The van der Waals surface area contributed by atoms with Crippen molar-refractivity contribution in [3.8, 4) is 5.75 Å². The summed E-state index contributed by atoms with van der Waals surface area (Å²) in [6.07, 6.45) is -11.0. The second-order valence-corrected chi connectivity index (χ2v) is 15.3. The number of hydrogen-bond acceptors (Lipinski definition) is 5. The van der Waals surface area contributed by atoms with Gasteiger partial charge in [-0.2, -0.15) is 26.3 Å². The maximum absolute atomic E-state index is 15.2. The van der Waals surface area contributed by atoms with Crippen molar-refractivity contribution in [3.63, 3.8) is 0 Å². The van der Waals surface area contributed by atoms with E-state index in [0.717, 1.165) is 12.1 Å². The molecule has 2 aliphatic carbocycles. The number of phenols is 1. The van der Waals surface area contributed by atoms with Gasteiger partial charge < -0.3 is 5.11 Å². The molecule has 2 aliphatic heterocycles. The van der Waals surface area contributed by atoms with Gasteiger partial charge in [0.05, 0.1) is 28.7 Å². The highest BCUT2D eigenvalue weighted by Crippen LogP contribution is 2.67. The summed E-state index contributed by atoms with van der Waals surface area (Å²) in [5.41, 5.74) is -7.36. The number of anilines is 2. The summed E-state index contributed by atoms with van der Waals surface area (Å²) >= 11 is 17.1. The number of carbonyl (C=O) groups is 4. The SMILES string of the molecule is O=C1[C@H]2[C@H](CC=C3[C@H]2C[C@@]2(Cl)C(=O)N(c4c(F)c(F)c(F)c(F)c4F)C(=O)[C@@]2(Cl)[C@H]3c2cc(Br)ccc2O)C(=O)N1c1cc(C(F)(F)F)cc(C(F)(F)F)c1. The fourth-order valence-corrected chi connectivity index (χ4v) is 9.30. The molecule has 0 spiro atoms. The lowest BCUT2D eigenvalue weighted by atomic mass is 9.56. The maximum Gasteiger partial charge on any atom is 0.416 e. The lowest BCUT2D eigenvalue weighted by Gasteiger charge is -2.50. The quantitative estimate of drug-likeness (QED) is 0.0710. The molecule has 0 radical (unpaired) electrons. The Balaban J connectivity index is 1.42. The molecule has 3 aromatic carbocycles. The molecule has 1 N–H and O–H groups in total. The van der Waals surface area contributed by atoms with Crippen molar-refractivity contribution in [2.45, 2.75) is 40.9 Å². The molecule has 2 saturated heterocycles. The number of hydrogen-bond donors (Lipinski definition) is 1. The van der Waals surface area contributed by atoms with Crippen LogP contribution in [0, 0.1) is 46.8 Å². The van der Waals surface area contributed by atoms with E-state index >= 15 is 8.78 Å². The molecule has 0 bridgehead atoms. The molecule has 3 aromatic rings. The highest BCUT2D eigenvalue weighted by atomic mass is 79.9. The first-order chi connectivity index (χ1) is 25.4. The second-order valence-electron chi connectivity index (χ2n) is 13.2. The maximum atomic E-state index is 15.2. The number of halogens is 14. The molecule has 290 valence electrons. The van der Waals surface area contributed by atoms with Crippen molar-refractivity contribution in [2.75, 3.05) is 9.80 Å². The third kappa shape index (κ3) is 5.34. The lowest BCUT2D eigenvalue weighted by molar-refractivity contribution is -0.143. The van der Waals surface area contributed by atoms with E-state index in [1.165, 1.54) is 12.1 Å². The van der Waals surface area contributed by atoms with Crippen LogP contribution in [0.2, 0.25) is 0 Å². The molecule has 3 fully saturated rings. The molecule has 1 saturated carbocycles. The zero-order valence-corrected chi connectivity index (χ0v) is 29.6. The van der Waals surface area contributed by atoms with Gasteiger partial charge in [-0.25, -0.2) is 31.8 Å². The smallest absolute Gasteiger partial charge is 0.416 e. The fourth-order valence-electron chi connectivity index (χ4n) is 7.99. The van der Waals surface area contributed by atoms with Crippen LogP contribution in [-0.2, 0) is 31.5 Å². The summed E-state index contributed by atoms with van der Waals surface area (Å²) in [5.74, 6) is -26.8. The number of carbonyl (C=O) groups excluding carboxylic acids is 4. The minimum atomic E-state index is -5.38. The van der Waals surface area contributed by atoms with Gasteiger partial charge in [-0.05, 0) is 55.2 Å². The highest BCUT2D eigenvalue weighted by Gasteiger charge is 2.77. The minimum Gasteiger partial charge on any atom is -0.508 e. The Morgan fingerprint density at radius 1 is 0.727 bits per heavy atom. The monoisotopic (exact) mass is 890 g/mol. The Kier molecular flexibility index (Phi) is 8.79. The molecule has 6 atom stereocenters. The summed E-state index contributed by atoms with van der Waals surface area (Å²) < 4.78 is 156. The molecule has 21 heteroatoms. The van der Waals surface area contributed by atoms with Gasteiger partial charge in [0.2, 0.25) is 17.6 Å². The van der Waals surface area contributed by atoms with Crippen LogP contribution < -0.4 is 9.80 Å². The van der Waals surface area contributed by atoms with Gasteiger partial charge in [-0.3, -0.25) is 19.2 Å². The van der Waals surface area contributed by atoms with Crippen molar-refractivity contribution in [1.29, 1.82) is 0 Å². The van der Waals surface area contributed by atoms with Crippen LogP contribution >= 0.6 is 39.1 Å². The second kappa shape index (κ2) is 12.4. The van der Waals surface area contributed by atoms with Crippen LogP contribution in [-0.4, -0.2) is 38.5 Å². The van der Waals surface area contributed by atoms with Crippen molar-refractivity contribution < 1.29 is 72.6 Å². The predicted molar refractivity (Wildman–Crippen MR) is 171 cm³/mol. The van der Waals surface area contributed by atoms with E-state index in [9.17, 15) is 63.8 Å². The third-order valence-electron chi connectivity index (χ3n) is 10.4. The van der Waals surface area contributed by atoms with Crippen LogP contribution in [0.1, 0.15) is 35.4 Å². The Morgan fingerprint density at radius 2 is 1.27 bits per heavy atom. The predicted octanol–water partition coefficient (Wildman–Crippen LogP) is 8.66. The minimum absolute atomic E-state index is 0.106. The highest BCUT2D eigenvalue weighted by molar-refractivity contribution is 9.10. The number of allylic oxidation sites excluding steroid dienone is 2. The molecular weight excluding hydrogens is 876 g/mol. The van der Waals surface area contributed by atoms with Gasteiger partial charge in [0.15, 0.2) is 33.0 Å². The molecule has 4 aliphatic rings. The van der Waals surface area contributed by atoms with E-state index in [2.05, 4.69) is 15.9 Å². The number of rotatable bonds is 3. The Bertz CT molecular complexity index is 2260. The Hall–Kier alpha value is -4.23. The van der Waals surface area contributed by atoms with Gasteiger partial charge in [0.1, 0.15) is 11.4 Å². The number of alkyl halides is 8. The average Bonchev–Trinajstić information content (AvgIpc) is 3.44. The fraction of sp³-hybridized carbons (Fsp3) is 0.294. The van der Waals surface area contributed by atoms with Crippen molar-refractivity contribution in [2.24, 2.45) is 17.8 Å². The number of phenolic OH excluding ortho intramolecular Hbond substituents is 1. The molecule has 0 unspecified atom stereocenters. The first kappa shape index (κ1) is 39.0. The van der Waals surface area contributed by atoms with Crippen LogP contribution in [0.25, 0.3) is 0 Å². The van der Waals surface area contributed by atoms with Crippen molar-refractivity contribution in [1.82, 2.24) is 0 Å². The van der Waals surface area contributed by atoms with Crippen LogP contribution in [0.15, 0.2) is 52.5 Å². The molecule has 55 heavy (non-hydrogen) atoms. The Morgan fingerprint density at radius 3 is 1.82 bits per heavy atom. The van der Waals surface area contributed by atoms with Gasteiger partial charge >= 0.3 is 12.4 Å². The van der Waals surface area contributed by atoms with E-state index < -0.39 is 144 Å². The van der Waals surface area contributed by atoms with E-state index in [-0.39, 0.29) is 38.7 Å². The van der Waals surface area contributed by atoms with E-state index in [1.54, 1.807) is 0 Å². The summed E-state index contributed by atoms with van der Waals surface area (Å²) in [6.45, 7) is 0. The number of nitrogens with zero attached hydrogens (tertiary/aromatic N) is 2. The van der Waals surface area contributed by atoms with Gasteiger partial charge in [0.25, 0.3) is 11.8 Å². The Labute approximate surface area is 318 Å². The average molecular weight is 892 g/mol. The van der Waals surface area contributed by atoms with Crippen molar-refractivity contribution in [3.05, 3.63) is 98.3 Å². The zero-order chi connectivity index (χ0) is 40.6. The standard InChI is InChI=1S/C34H16BrCl2F11N2O5/c35-12-1-4-18(51)16(8-12)20-14-2-3-15-19(28(53)49(27(15)52)13-6-10(33(43,44)45)5-11(7-13)34(46,47)48)17(14)9-31(36)29(54)50(30(55)32(20,31)37)26-24(41)22(39)21(38)23(40)25(26)42/h1-2,4-8,15,17,19-20,51H,3,9H2/t15-,17+,19-,20+,31+,32-/m0/s1. The molecule has 7 nitrogen and oxygen atoms in total. The summed E-state index contributed by atoms with van der Waals surface area (Å²) in [7, 11) is 0. The molecule has 7 rings (SSSR count). The molecular formula is C34H16BrCl2F11N2O5. The number of fused-ring (bicyclic) bond motifs is 4. The van der Waals surface area contributed by atoms with Crippen molar-refractivity contribution >= 4 is 74.1 Å². The number of amides is 4. The number of benzene rings is 3. The van der Waals surface area contributed by atoms with Gasteiger partial charge in [-0.15, -0.1) is 23.2 Å². The molecule has 4 amide bonds. The zero-order valence-electron chi connectivity index (χ0n) is 26.5. The van der Waals surface area contributed by atoms with E-state index in [1.807, 2.05) is 0 Å². The van der Waals surface area contributed by atoms with E-state index in [0.29, 0.717) is 0 Å². The summed E-state index contributed by atoms with van der Waals surface area (Å²) in [6, 6.07) is 3.58. The molecule has 2 heterocycles. The topological polar surface area (TPSA) is 95.0 Å².